The predicted octanol–water partition coefficient (Wildman–Crippen LogP) is 4.41. The zero-order chi connectivity index (χ0) is 19.6. The summed E-state index contributed by atoms with van der Waals surface area (Å²) >= 11 is 1.65. The zero-order valence-corrected chi connectivity index (χ0v) is 16.9. The fraction of sp³-hybridized carbons (Fsp3) is 0.333. The smallest absolute Gasteiger partial charge is 0.354 e. The number of nitrogens with zero attached hydrogens (tertiary/aromatic N) is 2. The number of hydrogen-bond acceptors (Lipinski definition) is 4. The molecule has 2 aromatic heterocycles. The van der Waals surface area contributed by atoms with Crippen LogP contribution < -0.4 is 4.90 Å². The minimum atomic E-state index is -0.428. The highest BCUT2D eigenvalue weighted by Gasteiger charge is 2.22. The van der Waals surface area contributed by atoms with Gasteiger partial charge in [-0.2, -0.15) is 0 Å². The number of fused-ring (bicyclic) bond motifs is 1. The van der Waals surface area contributed by atoms with Crippen LogP contribution in [-0.4, -0.2) is 30.1 Å². The van der Waals surface area contributed by atoms with Gasteiger partial charge in [0.1, 0.15) is 12.2 Å². The van der Waals surface area contributed by atoms with E-state index in [4.69, 9.17) is 4.74 Å². The van der Waals surface area contributed by atoms with Crippen molar-refractivity contribution >= 4 is 39.1 Å². The Morgan fingerprint density at radius 3 is 2.59 bits per heavy atom. The number of aryl methyl sites for hydroxylation is 2. The maximum absolute atomic E-state index is 13.1. The summed E-state index contributed by atoms with van der Waals surface area (Å²) in [5, 5.41) is 0. The molecule has 1 aromatic carbocycles. The van der Waals surface area contributed by atoms with E-state index in [1.165, 1.54) is 12.0 Å². The highest BCUT2D eigenvalue weighted by atomic mass is 32.1. The lowest BCUT2D eigenvalue weighted by atomic mass is 10.2. The Morgan fingerprint density at radius 1 is 1.19 bits per heavy atom. The molecule has 0 saturated heterocycles. The normalized spacial score (nSPS) is 11.0. The van der Waals surface area contributed by atoms with Crippen LogP contribution in [0.2, 0.25) is 0 Å². The average Bonchev–Trinajstić information content (AvgIpc) is 3.20. The van der Waals surface area contributed by atoms with Crippen molar-refractivity contribution < 1.29 is 14.3 Å². The van der Waals surface area contributed by atoms with Crippen LogP contribution in [0.25, 0.3) is 10.2 Å². The molecule has 27 heavy (non-hydrogen) atoms. The number of likely N-dealkylation sites (N-methyl/N-ethyl adjacent to an activating group) is 1. The van der Waals surface area contributed by atoms with Crippen molar-refractivity contribution in [2.75, 3.05) is 18.6 Å². The van der Waals surface area contributed by atoms with Crippen LogP contribution in [0.1, 0.15) is 34.8 Å². The van der Waals surface area contributed by atoms with E-state index in [1.807, 2.05) is 44.2 Å². The van der Waals surface area contributed by atoms with Crippen molar-refractivity contribution in [3.63, 3.8) is 0 Å². The summed E-state index contributed by atoms with van der Waals surface area (Å²) < 4.78 is 7.70. The third-order valence-electron chi connectivity index (χ3n) is 4.61. The van der Waals surface area contributed by atoms with Crippen LogP contribution in [0.4, 0.5) is 5.69 Å². The van der Waals surface area contributed by atoms with Crippen molar-refractivity contribution in [1.29, 1.82) is 0 Å². The Labute approximate surface area is 163 Å². The summed E-state index contributed by atoms with van der Waals surface area (Å²) in [4.78, 5) is 28.3. The highest BCUT2D eigenvalue weighted by molar-refractivity contribution is 7.19. The molecule has 0 saturated carbocycles. The van der Waals surface area contributed by atoms with Gasteiger partial charge in [0.05, 0.1) is 17.3 Å². The van der Waals surface area contributed by atoms with Crippen molar-refractivity contribution in [3.05, 3.63) is 52.5 Å². The Kier molecular flexibility index (Phi) is 5.65. The zero-order valence-electron chi connectivity index (χ0n) is 16.1. The molecular weight excluding hydrogens is 360 g/mol. The third kappa shape index (κ3) is 3.76. The molecule has 3 aromatic rings. The number of benzene rings is 1. The Bertz CT molecular complexity index is 987. The van der Waals surface area contributed by atoms with Crippen molar-refractivity contribution in [1.82, 2.24) is 4.57 Å². The summed E-state index contributed by atoms with van der Waals surface area (Å²) in [6, 6.07) is 11.8. The van der Waals surface area contributed by atoms with Gasteiger partial charge in [0.25, 0.3) is 0 Å². The molecule has 5 nitrogen and oxygen atoms in total. The summed E-state index contributed by atoms with van der Waals surface area (Å²) in [5.41, 5.74) is 3.29. The van der Waals surface area contributed by atoms with Crippen LogP contribution in [0.5, 0.6) is 0 Å². The number of carbonyl (C=O) groups excluding carboxylic acids is 2. The number of hydrogen-bond donors (Lipinski definition) is 0. The van der Waals surface area contributed by atoms with Gasteiger partial charge < -0.3 is 14.2 Å². The number of carbonyl (C=O) groups is 2. The number of anilines is 1. The molecule has 0 unspecified atom stereocenters. The maximum atomic E-state index is 13.1. The van der Waals surface area contributed by atoms with Gasteiger partial charge in [-0.15, -0.1) is 11.3 Å². The topological polar surface area (TPSA) is 51.5 Å². The van der Waals surface area contributed by atoms with E-state index in [1.54, 1.807) is 20.8 Å². The van der Waals surface area contributed by atoms with E-state index in [9.17, 15) is 9.59 Å². The fourth-order valence-corrected chi connectivity index (χ4v) is 4.27. The molecule has 0 N–H and O–H groups in total. The molecular formula is C21H24N2O3S. The lowest BCUT2D eigenvalue weighted by molar-refractivity contribution is -0.119. The van der Waals surface area contributed by atoms with Crippen LogP contribution in [-0.2, 0) is 22.5 Å². The molecule has 6 heteroatoms. The highest BCUT2D eigenvalue weighted by Crippen LogP contribution is 2.30. The molecule has 0 aliphatic rings. The molecule has 0 atom stereocenters. The number of amides is 1. The first kappa shape index (κ1) is 19.2. The predicted molar refractivity (Wildman–Crippen MR) is 110 cm³/mol. The van der Waals surface area contributed by atoms with E-state index in [2.05, 4.69) is 13.0 Å². The Balaban J connectivity index is 1.99. The number of rotatable bonds is 6. The number of thiophene rings is 1. The average molecular weight is 385 g/mol. The minimum Gasteiger partial charge on any atom is -0.464 e. The van der Waals surface area contributed by atoms with E-state index >= 15 is 0 Å². The van der Waals surface area contributed by atoms with E-state index in [0.29, 0.717) is 12.2 Å². The maximum Gasteiger partial charge on any atom is 0.354 e. The second kappa shape index (κ2) is 7.96. The number of ether oxygens (including phenoxy) is 1. The molecule has 0 radical (unpaired) electrons. The molecule has 1 amide bonds. The lowest BCUT2D eigenvalue weighted by Crippen LogP contribution is -2.34. The van der Waals surface area contributed by atoms with Gasteiger partial charge in [0.15, 0.2) is 0 Å². The van der Waals surface area contributed by atoms with E-state index in [0.717, 1.165) is 27.9 Å². The van der Waals surface area contributed by atoms with Crippen LogP contribution in [0, 0.1) is 6.92 Å². The first-order valence-corrected chi connectivity index (χ1v) is 9.87. The molecule has 0 fully saturated rings. The molecule has 0 bridgehead atoms. The van der Waals surface area contributed by atoms with E-state index in [-0.39, 0.29) is 12.5 Å². The molecule has 2 heterocycles. The first-order chi connectivity index (χ1) is 13.0. The van der Waals surface area contributed by atoms with Gasteiger partial charge in [-0.1, -0.05) is 19.1 Å². The number of methoxy groups -OCH3 is 1. The lowest BCUT2D eigenvalue weighted by Gasteiger charge is -2.22. The van der Waals surface area contributed by atoms with Crippen LogP contribution in [0.3, 0.4) is 0 Å². The van der Waals surface area contributed by atoms with Crippen molar-refractivity contribution in [2.24, 2.45) is 0 Å². The summed E-state index contributed by atoms with van der Waals surface area (Å²) in [5.74, 6) is -0.488. The molecule has 3 rings (SSSR count). The first-order valence-electron chi connectivity index (χ1n) is 9.05. The van der Waals surface area contributed by atoms with E-state index < -0.39 is 5.97 Å². The quantitative estimate of drug-likeness (QED) is 0.592. The third-order valence-corrected chi connectivity index (χ3v) is 5.82. The van der Waals surface area contributed by atoms with Crippen LogP contribution >= 0.6 is 11.3 Å². The second-order valence-corrected chi connectivity index (χ2v) is 7.57. The number of aromatic nitrogens is 1. The summed E-state index contributed by atoms with van der Waals surface area (Å²) in [6.45, 7) is 6.70. The largest absolute Gasteiger partial charge is 0.464 e. The molecule has 142 valence electrons. The molecule has 0 aliphatic heterocycles. The summed E-state index contributed by atoms with van der Waals surface area (Å²) in [7, 11) is 1.36. The number of esters is 1. The minimum absolute atomic E-state index is 0.0602. The van der Waals surface area contributed by atoms with Gasteiger partial charge >= 0.3 is 5.97 Å². The van der Waals surface area contributed by atoms with Crippen LogP contribution in [0.15, 0.2) is 36.4 Å². The monoisotopic (exact) mass is 384 g/mol. The van der Waals surface area contributed by atoms with Gasteiger partial charge in [-0.3, -0.25) is 4.79 Å². The fourth-order valence-electron chi connectivity index (χ4n) is 3.23. The van der Waals surface area contributed by atoms with Crippen molar-refractivity contribution in [2.45, 2.75) is 33.7 Å². The Morgan fingerprint density at radius 2 is 1.96 bits per heavy atom. The van der Waals surface area contributed by atoms with Gasteiger partial charge in [-0.05, 0) is 50.1 Å². The summed E-state index contributed by atoms with van der Waals surface area (Å²) in [6.07, 6.45) is 0.922. The van der Waals surface area contributed by atoms with Gasteiger partial charge in [0, 0.05) is 17.1 Å². The van der Waals surface area contributed by atoms with Gasteiger partial charge in [0.2, 0.25) is 5.91 Å². The van der Waals surface area contributed by atoms with Gasteiger partial charge in [-0.25, -0.2) is 4.79 Å². The second-order valence-electron chi connectivity index (χ2n) is 6.40. The molecule has 0 aliphatic carbocycles. The SMILES string of the molecule is CCc1cc2c(cc(C(=O)OC)n2CC(=O)N(CC)c2cccc(C)c2)s1. The van der Waals surface area contributed by atoms with Crippen molar-refractivity contribution in [3.8, 4) is 0 Å². The standard InChI is InChI=1S/C21H24N2O3S/c1-5-16-11-17-19(27-16)12-18(21(25)26-4)23(17)13-20(24)22(6-2)15-9-7-8-14(3)10-15/h7-12H,5-6,13H2,1-4H3. The molecule has 0 spiro atoms. The Hall–Kier alpha value is -2.60.